The lowest BCUT2D eigenvalue weighted by atomic mass is 10.2. The molecule has 0 aliphatic heterocycles. The van der Waals surface area contributed by atoms with E-state index < -0.39 is 0 Å². The van der Waals surface area contributed by atoms with Gasteiger partial charge in [-0.05, 0) is 65.0 Å². The van der Waals surface area contributed by atoms with Crippen LogP contribution in [0.15, 0.2) is 47.1 Å². The third-order valence-electron chi connectivity index (χ3n) is 3.96. The molecule has 0 spiro atoms. The number of hydrogen-bond donors (Lipinski definition) is 0. The van der Waals surface area contributed by atoms with Gasteiger partial charge in [0.1, 0.15) is 11.6 Å². The maximum atomic E-state index is 12.7. The zero-order valence-corrected chi connectivity index (χ0v) is 16.9. The van der Waals surface area contributed by atoms with Gasteiger partial charge in [-0.15, -0.1) is 0 Å². The van der Waals surface area contributed by atoms with Gasteiger partial charge in [0.25, 0.3) is 5.91 Å². The number of amides is 1. The smallest absolute Gasteiger partial charge is 0.266 e. The predicted octanol–water partition coefficient (Wildman–Crippen LogP) is 4.25. The predicted molar refractivity (Wildman–Crippen MR) is 107 cm³/mol. The van der Waals surface area contributed by atoms with Crippen LogP contribution in [0.1, 0.15) is 25.3 Å². The molecule has 0 N–H and O–H groups in total. The first-order chi connectivity index (χ1) is 12.6. The molecular formula is C20H25BrN2O3. The van der Waals surface area contributed by atoms with E-state index >= 15 is 0 Å². The summed E-state index contributed by atoms with van der Waals surface area (Å²) < 4.78 is 11.6. The van der Waals surface area contributed by atoms with Gasteiger partial charge in [-0.2, -0.15) is 0 Å². The van der Waals surface area contributed by atoms with Crippen LogP contribution in [0.3, 0.4) is 0 Å². The van der Waals surface area contributed by atoms with Crippen molar-refractivity contribution in [3.8, 4) is 5.75 Å². The van der Waals surface area contributed by atoms with E-state index in [1.807, 2.05) is 36.4 Å². The number of anilines is 1. The number of aryl methyl sites for hydroxylation is 1. The van der Waals surface area contributed by atoms with Crippen LogP contribution in [0.5, 0.6) is 5.75 Å². The number of benzene rings is 1. The Kier molecular flexibility index (Phi) is 8.58. The lowest BCUT2D eigenvalue weighted by Gasteiger charge is -2.22. The third-order valence-corrected chi connectivity index (χ3v) is 4.43. The second-order valence-corrected chi connectivity index (χ2v) is 6.78. The second kappa shape index (κ2) is 10.9. The average Bonchev–Trinajstić information content (AvgIpc) is 2.67. The maximum Gasteiger partial charge on any atom is 0.266 e. The van der Waals surface area contributed by atoms with Gasteiger partial charge in [0, 0.05) is 30.9 Å². The van der Waals surface area contributed by atoms with Crippen LogP contribution in [0.4, 0.5) is 5.82 Å². The van der Waals surface area contributed by atoms with Gasteiger partial charge in [-0.3, -0.25) is 9.69 Å². The average molecular weight is 421 g/mol. The van der Waals surface area contributed by atoms with E-state index in [2.05, 4.69) is 27.8 Å². The van der Waals surface area contributed by atoms with Crippen LogP contribution >= 0.6 is 15.9 Å². The molecule has 1 aromatic heterocycles. The topological polar surface area (TPSA) is 51.7 Å². The molecule has 6 heteroatoms. The van der Waals surface area contributed by atoms with E-state index in [1.165, 1.54) is 5.56 Å². The van der Waals surface area contributed by atoms with Crippen molar-refractivity contribution in [3.63, 3.8) is 0 Å². The van der Waals surface area contributed by atoms with Crippen molar-refractivity contribution in [2.45, 2.75) is 26.2 Å². The Morgan fingerprint density at radius 2 is 1.92 bits per heavy atom. The minimum absolute atomic E-state index is 0.0203. The molecule has 2 aromatic rings. The fourth-order valence-electron chi connectivity index (χ4n) is 2.46. The summed E-state index contributed by atoms with van der Waals surface area (Å²) in [5.74, 6) is 1.20. The standard InChI is InChI=1S/C20H25BrN2O3/c1-3-16-6-9-18(10-7-16)26-15-20(24)23(12-4-5-13-25-2)19-11-8-17(21)14-22-19/h6-11,14H,3-5,12-13,15H2,1-2H3. The second-order valence-electron chi connectivity index (χ2n) is 5.87. The molecule has 0 aliphatic rings. The first kappa shape index (κ1) is 20.4. The highest BCUT2D eigenvalue weighted by molar-refractivity contribution is 9.10. The minimum atomic E-state index is -0.114. The number of carbonyl (C=O) groups is 1. The van der Waals surface area contributed by atoms with Gasteiger partial charge in [0.05, 0.1) is 0 Å². The Bertz CT molecular complexity index is 674. The van der Waals surface area contributed by atoms with Gasteiger partial charge in [-0.1, -0.05) is 19.1 Å². The van der Waals surface area contributed by atoms with E-state index in [-0.39, 0.29) is 12.5 Å². The zero-order chi connectivity index (χ0) is 18.8. The summed E-state index contributed by atoms with van der Waals surface area (Å²) in [5.41, 5.74) is 1.24. The molecule has 0 fully saturated rings. The van der Waals surface area contributed by atoms with Gasteiger partial charge in [0.2, 0.25) is 0 Å². The van der Waals surface area contributed by atoms with Crippen LogP contribution < -0.4 is 9.64 Å². The number of unbranched alkanes of at least 4 members (excludes halogenated alkanes) is 1. The largest absolute Gasteiger partial charge is 0.484 e. The Hall–Kier alpha value is -1.92. The molecule has 0 aliphatic carbocycles. The SMILES string of the molecule is CCc1ccc(OCC(=O)N(CCCCOC)c2ccc(Br)cn2)cc1. The number of carbonyl (C=O) groups excluding carboxylic acids is 1. The van der Waals surface area contributed by atoms with Crippen LogP contribution in [0.25, 0.3) is 0 Å². The van der Waals surface area contributed by atoms with Crippen LogP contribution in [0, 0.1) is 0 Å². The van der Waals surface area contributed by atoms with Crippen molar-refractivity contribution in [1.29, 1.82) is 0 Å². The van der Waals surface area contributed by atoms with Crippen molar-refractivity contribution in [1.82, 2.24) is 4.98 Å². The van der Waals surface area contributed by atoms with Crippen LogP contribution in [-0.2, 0) is 16.0 Å². The molecule has 1 amide bonds. The van der Waals surface area contributed by atoms with Crippen molar-refractivity contribution in [2.24, 2.45) is 0 Å². The summed E-state index contributed by atoms with van der Waals surface area (Å²) in [5, 5.41) is 0. The molecule has 1 heterocycles. The van der Waals surface area contributed by atoms with Gasteiger partial charge < -0.3 is 9.47 Å². The van der Waals surface area contributed by atoms with Crippen LogP contribution in [0.2, 0.25) is 0 Å². The lowest BCUT2D eigenvalue weighted by Crippen LogP contribution is -2.36. The van der Waals surface area contributed by atoms with Crippen LogP contribution in [-0.4, -0.2) is 37.8 Å². The van der Waals surface area contributed by atoms with E-state index in [9.17, 15) is 4.79 Å². The normalized spacial score (nSPS) is 10.6. The Morgan fingerprint density at radius 1 is 1.15 bits per heavy atom. The molecule has 0 radical (unpaired) electrons. The quantitative estimate of drug-likeness (QED) is 0.539. The Balaban J connectivity index is 1.99. The van der Waals surface area contributed by atoms with E-state index in [0.29, 0.717) is 24.7 Å². The molecule has 0 saturated carbocycles. The number of methoxy groups -OCH3 is 1. The number of rotatable bonds is 10. The molecule has 0 atom stereocenters. The van der Waals surface area contributed by atoms with Crippen molar-refractivity contribution >= 4 is 27.7 Å². The number of hydrogen-bond acceptors (Lipinski definition) is 4. The summed E-state index contributed by atoms with van der Waals surface area (Å²) in [6, 6.07) is 11.5. The summed E-state index contributed by atoms with van der Waals surface area (Å²) >= 11 is 3.37. The summed E-state index contributed by atoms with van der Waals surface area (Å²) in [4.78, 5) is 18.7. The molecule has 0 saturated heterocycles. The Morgan fingerprint density at radius 3 is 2.54 bits per heavy atom. The fourth-order valence-corrected chi connectivity index (χ4v) is 2.69. The van der Waals surface area contributed by atoms with Crippen molar-refractivity contribution in [2.75, 3.05) is 31.8 Å². The maximum absolute atomic E-state index is 12.7. The van der Waals surface area contributed by atoms with E-state index in [1.54, 1.807) is 18.2 Å². The molecule has 0 bridgehead atoms. The van der Waals surface area contributed by atoms with Gasteiger partial charge in [0.15, 0.2) is 6.61 Å². The number of pyridine rings is 1. The number of aromatic nitrogens is 1. The van der Waals surface area contributed by atoms with Crippen molar-refractivity contribution < 1.29 is 14.3 Å². The van der Waals surface area contributed by atoms with E-state index in [0.717, 1.165) is 23.7 Å². The number of ether oxygens (including phenoxy) is 2. The van der Waals surface area contributed by atoms with Gasteiger partial charge in [-0.25, -0.2) is 4.98 Å². The highest BCUT2D eigenvalue weighted by Crippen LogP contribution is 2.17. The monoisotopic (exact) mass is 420 g/mol. The first-order valence-electron chi connectivity index (χ1n) is 8.76. The molecule has 0 unspecified atom stereocenters. The minimum Gasteiger partial charge on any atom is -0.484 e. The number of halogens is 1. The molecule has 5 nitrogen and oxygen atoms in total. The van der Waals surface area contributed by atoms with Crippen molar-refractivity contribution in [3.05, 3.63) is 52.6 Å². The Labute approximate surface area is 163 Å². The summed E-state index contributed by atoms with van der Waals surface area (Å²) in [6.45, 7) is 3.34. The lowest BCUT2D eigenvalue weighted by molar-refractivity contribution is -0.120. The molecule has 1 aromatic carbocycles. The third kappa shape index (κ3) is 6.42. The first-order valence-corrected chi connectivity index (χ1v) is 9.56. The van der Waals surface area contributed by atoms with E-state index in [4.69, 9.17) is 9.47 Å². The molecular weight excluding hydrogens is 396 g/mol. The molecule has 26 heavy (non-hydrogen) atoms. The summed E-state index contributed by atoms with van der Waals surface area (Å²) in [6.07, 6.45) is 4.39. The fraction of sp³-hybridized carbons (Fsp3) is 0.400. The highest BCUT2D eigenvalue weighted by Gasteiger charge is 2.17. The zero-order valence-electron chi connectivity index (χ0n) is 15.3. The summed E-state index contributed by atoms with van der Waals surface area (Å²) in [7, 11) is 1.68. The molecule has 140 valence electrons. The number of nitrogens with zero attached hydrogens (tertiary/aromatic N) is 2. The highest BCUT2D eigenvalue weighted by atomic mass is 79.9. The van der Waals surface area contributed by atoms with Gasteiger partial charge >= 0.3 is 0 Å². The molecule has 2 rings (SSSR count).